The second kappa shape index (κ2) is 11.1. The topological polar surface area (TPSA) is 123 Å². The van der Waals surface area contributed by atoms with Crippen molar-refractivity contribution >= 4 is 35.2 Å². The van der Waals surface area contributed by atoms with Crippen LogP contribution in [0.25, 0.3) is 0 Å². The Kier molecular flexibility index (Phi) is 8.52. The Morgan fingerprint density at radius 2 is 1.97 bits per heavy atom. The number of carboxylic acid groups (broad SMARTS) is 1. The van der Waals surface area contributed by atoms with Gasteiger partial charge in [0.2, 0.25) is 17.0 Å². The van der Waals surface area contributed by atoms with Crippen molar-refractivity contribution in [3.05, 3.63) is 11.1 Å². The van der Waals surface area contributed by atoms with Crippen LogP contribution in [0.2, 0.25) is 5.28 Å². The number of hydrazine groups is 1. The Morgan fingerprint density at radius 1 is 1.27 bits per heavy atom. The summed E-state index contributed by atoms with van der Waals surface area (Å²) in [5, 5.41) is 11.1. The molecule has 3 atom stereocenters. The minimum atomic E-state index is -1.19. The third-order valence-electron chi connectivity index (χ3n) is 6.61. The molecular weight excluding hydrogens is 453 g/mol. The van der Waals surface area contributed by atoms with E-state index in [1.165, 1.54) is 0 Å². The van der Waals surface area contributed by atoms with Crippen molar-refractivity contribution < 1.29 is 19.1 Å². The molecule has 0 bridgehead atoms. The number of hydrogen-bond donors (Lipinski definition) is 4. The second-order valence-corrected chi connectivity index (χ2v) is 9.61. The standard InChI is InChI=1S/C21H33ClFN7O3/c1-12-10-30(11-15(12)29(2)3)18-16(23)17(25-20(22)26-18)27-28-19(31)14(9-24-21(32)33)8-13-6-4-5-7-13/h12-15,24H,4-11H2,1-3H3,(H,28,31)(H,32,33)(H,25,26,27)/t12-,14+,15-/m0/s1. The summed E-state index contributed by atoms with van der Waals surface area (Å²) in [6.45, 7) is 3.29. The molecule has 2 fully saturated rings. The van der Waals surface area contributed by atoms with E-state index in [0.29, 0.717) is 31.3 Å². The van der Waals surface area contributed by atoms with E-state index in [4.69, 9.17) is 16.7 Å². The van der Waals surface area contributed by atoms with Crippen molar-refractivity contribution in [3.8, 4) is 0 Å². The van der Waals surface area contributed by atoms with Crippen molar-refractivity contribution in [2.45, 2.75) is 45.1 Å². The first kappa shape index (κ1) is 25.2. The van der Waals surface area contributed by atoms with Crippen LogP contribution in [0.4, 0.5) is 20.8 Å². The van der Waals surface area contributed by atoms with E-state index < -0.39 is 23.7 Å². The van der Waals surface area contributed by atoms with E-state index in [1.807, 2.05) is 19.0 Å². The molecule has 184 valence electrons. The highest BCUT2D eigenvalue weighted by molar-refractivity contribution is 6.28. The Morgan fingerprint density at radius 3 is 2.58 bits per heavy atom. The molecule has 1 saturated heterocycles. The van der Waals surface area contributed by atoms with Gasteiger partial charge in [0.15, 0.2) is 11.6 Å². The van der Waals surface area contributed by atoms with E-state index >= 15 is 4.39 Å². The van der Waals surface area contributed by atoms with Gasteiger partial charge in [-0.25, -0.2) is 4.79 Å². The van der Waals surface area contributed by atoms with Gasteiger partial charge >= 0.3 is 6.09 Å². The van der Waals surface area contributed by atoms with Gasteiger partial charge in [-0.2, -0.15) is 14.4 Å². The molecule has 0 aromatic carbocycles. The number of nitrogens with zero attached hydrogens (tertiary/aromatic N) is 4. The van der Waals surface area contributed by atoms with Gasteiger partial charge in [-0.3, -0.25) is 15.6 Å². The first-order valence-electron chi connectivity index (χ1n) is 11.3. The molecule has 4 N–H and O–H groups in total. The maximum atomic E-state index is 15.2. The number of carbonyl (C=O) groups is 2. The van der Waals surface area contributed by atoms with E-state index in [2.05, 4.69) is 38.0 Å². The Hall–Kier alpha value is -2.40. The maximum absolute atomic E-state index is 15.2. The summed E-state index contributed by atoms with van der Waals surface area (Å²) in [5.74, 6) is -1.20. The number of nitrogens with one attached hydrogen (secondary N) is 3. The molecule has 1 aromatic heterocycles. The quantitative estimate of drug-likeness (QED) is 0.311. The minimum Gasteiger partial charge on any atom is -0.465 e. The van der Waals surface area contributed by atoms with Crippen LogP contribution in [0.5, 0.6) is 0 Å². The minimum absolute atomic E-state index is 0.0187. The smallest absolute Gasteiger partial charge is 0.404 e. The highest BCUT2D eigenvalue weighted by Gasteiger charge is 2.34. The van der Waals surface area contributed by atoms with E-state index in [0.717, 1.165) is 25.7 Å². The molecule has 0 spiro atoms. The molecule has 3 rings (SSSR count). The zero-order chi connectivity index (χ0) is 24.1. The SMILES string of the molecule is C[C@H]1CN(c2nc(Cl)nc(NNC(=O)[C@@H](CNC(=O)O)CC3CCCC3)c2F)C[C@@H]1N(C)C. The van der Waals surface area contributed by atoms with Gasteiger partial charge in [0.1, 0.15) is 0 Å². The number of anilines is 2. The average molecular weight is 486 g/mol. The molecular formula is C21H33ClFN7O3. The van der Waals surface area contributed by atoms with Gasteiger partial charge in [0.25, 0.3) is 0 Å². The lowest BCUT2D eigenvalue weighted by Gasteiger charge is -2.23. The zero-order valence-corrected chi connectivity index (χ0v) is 20.0. The van der Waals surface area contributed by atoms with Crippen LogP contribution in [0, 0.1) is 23.6 Å². The molecule has 10 nitrogen and oxygen atoms in total. The molecule has 2 heterocycles. The first-order chi connectivity index (χ1) is 15.7. The normalized spacial score (nSPS) is 21.9. The third kappa shape index (κ3) is 6.57. The summed E-state index contributed by atoms with van der Waals surface area (Å²) < 4.78 is 15.2. The van der Waals surface area contributed by atoms with Gasteiger partial charge in [0.05, 0.1) is 5.92 Å². The van der Waals surface area contributed by atoms with Crippen LogP contribution in [-0.2, 0) is 4.79 Å². The molecule has 2 aliphatic rings. The summed E-state index contributed by atoms with van der Waals surface area (Å²) in [7, 11) is 3.97. The van der Waals surface area contributed by atoms with Crippen LogP contribution >= 0.6 is 11.6 Å². The van der Waals surface area contributed by atoms with E-state index in [-0.39, 0.29) is 29.5 Å². The lowest BCUT2D eigenvalue weighted by Crippen LogP contribution is -2.42. The summed E-state index contributed by atoms with van der Waals surface area (Å²) in [6, 6.07) is 0.243. The number of halogens is 2. The third-order valence-corrected chi connectivity index (χ3v) is 6.78. The fraction of sp³-hybridized carbons (Fsp3) is 0.714. The fourth-order valence-electron chi connectivity index (χ4n) is 4.86. The Bertz CT molecular complexity index is 853. The molecule has 33 heavy (non-hydrogen) atoms. The van der Waals surface area contributed by atoms with Crippen LogP contribution < -0.4 is 21.1 Å². The second-order valence-electron chi connectivity index (χ2n) is 9.28. The summed E-state index contributed by atoms with van der Waals surface area (Å²) >= 11 is 6.06. The van der Waals surface area contributed by atoms with Gasteiger partial charge in [-0.15, -0.1) is 0 Å². The Labute approximate surface area is 198 Å². The summed E-state index contributed by atoms with van der Waals surface area (Å²) in [5.41, 5.74) is 5.01. The van der Waals surface area contributed by atoms with Crippen LogP contribution in [0.3, 0.4) is 0 Å². The predicted molar refractivity (Wildman–Crippen MR) is 124 cm³/mol. The van der Waals surface area contributed by atoms with Crippen LogP contribution in [-0.4, -0.2) is 71.7 Å². The predicted octanol–water partition coefficient (Wildman–Crippen LogP) is 2.56. The maximum Gasteiger partial charge on any atom is 0.404 e. The number of hydrogen-bond acceptors (Lipinski definition) is 7. The number of carbonyl (C=O) groups excluding carboxylic acids is 1. The van der Waals surface area contributed by atoms with Crippen molar-refractivity contribution in [2.75, 3.05) is 44.1 Å². The molecule has 1 aliphatic heterocycles. The van der Waals surface area contributed by atoms with Crippen molar-refractivity contribution in [3.63, 3.8) is 0 Å². The fourth-order valence-corrected chi connectivity index (χ4v) is 5.03. The highest BCUT2D eigenvalue weighted by atomic mass is 35.5. The monoisotopic (exact) mass is 485 g/mol. The van der Waals surface area contributed by atoms with Crippen LogP contribution in [0.1, 0.15) is 39.0 Å². The largest absolute Gasteiger partial charge is 0.465 e. The van der Waals surface area contributed by atoms with Gasteiger partial charge in [-0.1, -0.05) is 32.6 Å². The number of rotatable bonds is 9. The summed E-state index contributed by atoms with van der Waals surface area (Å²) in [4.78, 5) is 35.6. The zero-order valence-electron chi connectivity index (χ0n) is 19.3. The van der Waals surface area contributed by atoms with Gasteiger partial charge in [-0.05, 0) is 44.0 Å². The summed E-state index contributed by atoms with van der Waals surface area (Å²) in [6.07, 6.45) is 3.63. The molecule has 0 radical (unpaired) electrons. The van der Waals surface area contributed by atoms with E-state index in [1.54, 1.807) is 0 Å². The van der Waals surface area contributed by atoms with E-state index in [9.17, 15) is 9.59 Å². The highest BCUT2D eigenvalue weighted by Crippen LogP contribution is 2.31. The Balaban J connectivity index is 1.69. The lowest BCUT2D eigenvalue weighted by molar-refractivity contribution is -0.124. The number of likely N-dealkylation sites (N-methyl/N-ethyl adjacent to an activating group) is 1. The molecule has 1 aromatic rings. The first-order valence-corrected chi connectivity index (χ1v) is 11.7. The number of amides is 2. The number of aromatic nitrogens is 2. The lowest BCUT2D eigenvalue weighted by atomic mass is 9.92. The molecule has 2 amide bonds. The van der Waals surface area contributed by atoms with Crippen LogP contribution in [0.15, 0.2) is 0 Å². The van der Waals surface area contributed by atoms with Crippen molar-refractivity contribution in [1.29, 1.82) is 0 Å². The molecule has 0 unspecified atom stereocenters. The molecule has 1 saturated carbocycles. The average Bonchev–Trinajstić information content (AvgIpc) is 3.40. The van der Waals surface area contributed by atoms with Crippen molar-refractivity contribution in [1.82, 2.24) is 25.6 Å². The van der Waals surface area contributed by atoms with Gasteiger partial charge in [0, 0.05) is 25.7 Å². The molecule has 12 heteroatoms. The van der Waals surface area contributed by atoms with Gasteiger partial charge < -0.3 is 20.2 Å². The molecule has 1 aliphatic carbocycles. The van der Waals surface area contributed by atoms with Crippen molar-refractivity contribution in [2.24, 2.45) is 17.8 Å².